The van der Waals surface area contributed by atoms with Crippen molar-refractivity contribution in [2.24, 2.45) is 4.99 Å². The minimum absolute atomic E-state index is 0.114. The molecule has 0 bridgehead atoms. The molecule has 1 aromatic heterocycles. The molecule has 6 heteroatoms. The molecule has 1 aromatic carbocycles. The third-order valence-corrected chi connectivity index (χ3v) is 4.52. The summed E-state index contributed by atoms with van der Waals surface area (Å²) in [5.41, 5.74) is 1.48. The zero-order valence-electron chi connectivity index (χ0n) is 13.4. The van der Waals surface area contributed by atoms with Gasteiger partial charge in [0.05, 0.1) is 4.91 Å². The topological polar surface area (TPSA) is 65.8 Å². The highest BCUT2D eigenvalue weighted by molar-refractivity contribution is 8.18. The van der Waals surface area contributed by atoms with Gasteiger partial charge in [-0.15, -0.1) is 0 Å². The van der Waals surface area contributed by atoms with Crippen LogP contribution in [-0.4, -0.2) is 32.6 Å². The number of aromatic hydroxyl groups is 1. The van der Waals surface area contributed by atoms with E-state index in [0.717, 1.165) is 5.69 Å². The second-order valence-electron chi connectivity index (χ2n) is 5.25. The number of pyridine rings is 1. The summed E-state index contributed by atoms with van der Waals surface area (Å²) in [5.74, 6) is 0.608. The Kier molecular flexibility index (Phi) is 4.66. The van der Waals surface area contributed by atoms with Crippen LogP contribution in [0.25, 0.3) is 6.08 Å². The average molecular weight is 339 g/mol. The van der Waals surface area contributed by atoms with E-state index in [4.69, 9.17) is 0 Å². The summed E-state index contributed by atoms with van der Waals surface area (Å²) >= 11 is 1.29. The molecule has 0 aliphatic carbocycles. The van der Waals surface area contributed by atoms with Crippen LogP contribution in [0.15, 0.2) is 52.4 Å². The lowest BCUT2D eigenvalue weighted by Crippen LogP contribution is -2.28. The number of aromatic nitrogens is 1. The standard InChI is InChI=1S/C18H17N3O2S/c1-3-21-17(23)15(11-13-8-4-5-9-14(13)22)24-18(21)20-16-10-6-7-12(2)19-16/h4-11,22H,3H2,1-2H3/b15-11-,20-18+. The largest absolute Gasteiger partial charge is 0.507 e. The van der Waals surface area contributed by atoms with Crippen molar-refractivity contribution >= 4 is 34.7 Å². The summed E-state index contributed by atoms with van der Waals surface area (Å²) in [6.45, 7) is 4.33. The van der Waals surface area contributed by atoms with Gasteiger partial charge in [-0.05, 0) is 49.9 Å². The van der Waals surface area contributed by atoms with Crippen LogP contribution in [0.2, 0.25) is 0 Å². The highest BCUT2D eigenvalue weighted by atomic mass is 32.2. The number of aryl methyl sites for hydroxylation is 1. The first-order valence-electron chi connectivity index (χ1n) is 7.60. The summed E-state index contributed by atoms with van der Waals surface area (Å²) in [6, 6.07) is 12.5. The van der Waals surface area contributed by atoms with Crippen LogP contribution >= 0.6 is 11.8 Å². The van der Waals surface area contributed by atoms with E-state index in [1.807, 2.05) is 38.1 Å². The van der Waals surface area contributed by atoms with Crippen LogP contribution in [0.3, 0.4) is 0 Å². The highest BCUT2D eigenvalue weighted by Gasteiger charge is 2.32. The van der Waals surface area contributed by atoms with Crippen molar-refractivity contribution in [1.82, 2.24) is 9.88 Å². The Balaban J connectivity index is 1.96. The number of nitrogens with zero attached hydrogens (tertiary/aromatic N) is 3. The van der Waals surface area contributed by atoms with E-state index in [-0.39, 0.29) is 11.7 Å². The van der Waals surface area contributed by atoms with E-state index in [1.165, 1.54) is 11.8 Å². The Morgan fingerprint density at radius 1 is 1.25 bits per heavy atom. The van der Waals surface area contributed by atoms with Gasteiger partial charge in [-0.25, -0.2) is 9.98 Å². The predicted molar refractivity (Wildman–Crippen MR) is 97.1 cm³/mol. The fourth-order valence-corrected chi connectivity index (χ4v) is 3.35. The first-order chi connectivity index (χ1) is 11.6. The van der Waals surface area contributed by atoms with Gasteiger partial charge >= 0.3 is 0 Å². The molecule has 1 fully saturated rings. The van der Waals surface area contributed by atoms with E-state index < -0.39 is 0 Å². The zero-order chi connectivity index (χ0) is 17.1. The maximum Gasteiger partial charge on any atom is 0.266 e. The van der Waals surface area contributed by atoms with Gasteiger partial charge in [0.25, 0.3) is 5.91 Å². The molecule has 1 aliphatic rings. The van der Waals surface area contributed by atoms with E-state index >= 15 is 0 Å². The zero-order valence-corrected chi connectivity index (χ0v) is 14.2. The van der Waals surface area contributed by atoms with Gasteiger partial charge in [0.1, 0.15) is 5.75 Å². The Bertz CT molecular complexity index is 846. The van der Waals surface area contributed by atoms with Crippen molar-refractivity contribution < 1.29 is 9.90 Å². The normalized spacial score (nSPS) is 17.9. The molecule has 1 aliphatic heterocycles. The molecule has 0 spiro atoms. The third-order valence-electron chi connectivity index (χ3n) is 3.51. The minimum atomic E-state index is -0.114. The number of likely N-dealkylation sites (N-methyl/N-ethyl adjacent to an activating group) is 1. The molecule has 1 saturated heterocycles. The minimum Gasteiger partial charge on any atom is -0.507 e. The second kappa shape index (κ2) is 6.88. The van der Waals surface area contributed by atoms with Crippen molar-refractivity contribution in [2.75, 3.05) is 6.54 Å². The van der Waals surface area contributed by atoms with Crippen LogP contribution < -0.4 is 0 Å². The fraction of sp³-hybridized carbons (Fsp3) is 0.167. The summed E-state index contributed by atoms with van der Waals surface area (Å²) in [5, 5.41) is 10.5. The Hall–Kier alpha value is -2.60. The molecule has 1 amide bonds. The van der Waals surface area contributed by atoms with E-state index in [2.05, 4.69) is 9.98 Å². The van der Waals surface area contributed by atoms with Crippen molar-refractivity contribution in [1.29, 1.82) is 0 Å². The Morgan fingerprint density at radius 3 is 2.75 bits per heavy atom. The van der Waals surface area contributed by atoms with Crippen molar-refractivity contribution in [3.8, 4) is 5.75 Å². The van der Waals surface area contributed by atoms with Crippen molar-refractivity contribution in [2.45, 2.75) is 13.8 Å². The molecule has 0 radical (unpaired) electrons. The number of carbonyl (C=O) groups is 1. The lowest BCUT2D eigenvalue weighted by molar-refractivity contribution is -0.122. The summed E-state index contributed by atoms with van der Waals surface area (Å²) in [4.78, 5) is 23.6. The number of hydrogen-bond acceptors (Lipinski definition) is 5. The molecule has 24 heavy (non-hydrogen) atoms. The summed E-state index contributed by atoms with van der Waals surface area (Å²) in [7, 11) is 0. The lowest BCUT2D eigenvalue weighted by atomic mass is 10.2. The fourth-order valence-electron chi connectivity index (χ4n) is 2.31. The smallest absolute Gasteiger partial charge is 0.266 e. The highest BCUT2D eigenvalue weighted by Crippen LogP contribution is 2.34. The van der Waals surface area contributed by atoms with Crippen LogP contribution in [0.5, 0.6) is 5.75 Å². The van der Waals surface area contributed by atoms with Crippen LogP contribution in [0.4, 0.5) is 5.82 Å². The molecular formula is C18H17N3O2S. The maximum atomic E-state index is 12.6. The van der Waals surface area contributed by atoms with Crippen LogP contribution in [0.1, 0.15) is 18.2 Å². The van der Waals surface area contributed by atoms with Crippen molar-refractivity contribution in [3.63, 3.8) is 0 Å². The third kappa shape index (κ3) is 3.33. The van der Waals surface area contributed by atoms with Gasteiger partial charge in [0.15, 0.2) is 11.0 Å². The molecule has 0 saturated carbocycles. The number of para-hydroxylation sites is 1. The molecule has 1 N–H and O–H groups in total. The number of thioether (sulfide) groups is 1. The van der Waals surface area contributed by atoms with Gasteiger partial charge in [-0.2, -0.15) is 0 Å². The van der Waals surface area contributed by atoms with E-state index in [1.54, 1.807) is 29.2 Å². The van der Waals surface area contributed by atoms with E-state index in [0.29, 0.717) is 28.0 Å². The second-order valence-corrected chi connectivity index (χ2v) is 6.26. The number of amidine groups is 1. The molecule has 2 heterocycles. The number of aliphatic imine (C=N–C) groups is 1. The van der Waals surface area contributed by atoms with Gasteiger partial charge in [0.2, 0.25) is 0 Å². The van der Waals surface area contributed by atoms with Gasteiger partial charge < -0.3 is 5.11 Å². The Morgan fingerprint density at radius 2 is 2.04 bits per heavy atom. The molecule has 2 aromatic rings. The monoisotopic (exact) mass is 339 g/mol. The molecule has 5 nitrogen and oxygen atoms in total. The predicted octanol–water partition coefficient (Wildman–Crippen LogP) is 3.72. The molecule has 3 rings (SSSR count). The number of hydrogen-bond donors (Lipinski definition) is 1. The van der Waals surface area contributed by atoms with Crippen LogP contribution in [-0.2, 0) is 4.79 Å². The molecule has 0 unspecified atom stereocenters. The first-order valence-corrected chi connectivity index (χ1v) is 8.42. The summed E-state index contributed by atoms with van der Waals surface area (Å²) < 4.78 is 0. The molecule has 0 atom stereocenters. The molecular weight excluding hydrogens is 322 g/mol. The Labute approximate surface area is 144 Å². The van der Waals surface area contributed by atoms with Crippen LogP contribution in [0, 0.1) is 6.92 Å². The van der Waals surface area contributed by atoms with Crippen molar-refractivity contribution in [3.05, 3.63) is 58.6 Å². The number of rotatable bonds is 3. The number of amides is 1. The molecule has 122 valence electrons. The quantitative estimate of drug-likeness (QED) is 0.866. The first kappa shape index (κ1) is 16.3. The number of phenols is 1. The lowest BCUT2D eigenvalue weighted by Gasteiger charge is -2.11. The number of phenolic OH excluding ortho intramolecular Hbond substituents is 1. The SMILES string of the molecule is CCN1C(=O)/C(=C/c2ccccc2O)S/C1=N/c1cccc(C)n1. The van der Waals surface area contributed by atoms with Gasteiger partial charge in [0, 0.05) is 17.8 Å². The van der Waals surface area contributed by atoms with E-state index in [9.17, 15) is 9.90 Å². The maximum absolute atomic E-state index is 12.6. The number of benzene rings is 1. The number of carbonyl (C=O) groups excluding carboxylic acids is 1. The summed E-state index contributed by atoms with van der Waals surface area (Å²) in [6.07, 6.45) is 1.69. The average Bonchev–Trinajstić information content (AvgIpc) is 2.84. The van der Waals surface area contributed by atoms with Gasteiger partial charge in [-0.1, -0.05) is 24.3 Å². The van der Waals surface area contributed by atoms with Gasteiger partial charge in [-0.3, -0.25) is 9.69 Å².